The van der Waals surface area contributed by atoms with Crippen LogP contribution in [0.3, 0.4) is 0 Å². The number of hydrogen-bond donors (Lipinski definition) is 2. The molecule has 2 aromatic carbocycles. The lowest BCUT2D eigenvalue weighted by Crippen LogP contribution is -2.22. The Kier molecular flexibility index (Phi) is 7.20. The van der Waals surface area contributed by atoms with Gasteiger partial charge in [0.15, 0.2) is 5.96 Å². The number of ether oxygens (including phenoxy) is 2. The molecule has 0 saturated heterocycles. The molecule has 0 saturated carbocycles. The molecule has 0 amide bonds. The molecule has 0 aliphatic carbocycles. The van der Waals surface area contributed by atoms with Crippen LogP contribution in [0, 0.1) is 0 Å². The summed E-state index contributed by atoms with van der Waals surface area (Å²) in [6.45, 7) is 3.60. The normalized spacial score (nSPS) is 11.7. The van der Waals surface area contributed by atoms with Gasteiger partial charge in [0.05, 0.1) is 12.6 Å². The van der Waals surface area contributed by atoms with E-state index >= 15 is 0 Å². The smallest absolute Gasteiger partial charge is 0.272 e. The van der Waals surface area contributed by atoms with Gasteiger partial charge in [-0.15, -0.1) is 0 Å². The fraction of sp³-hybridized carbons (Fsp3) is 0.316. The average molecular weight is 363 g/mol. The van der Waals surface area contributed by atoms with E-state index in [2.05, 4.69) is 10.3 Å². The first kappa shape index (κ1) is 19.5. The van der Waals surface area contributed by atoms with Gasteiger partial charge < -0.3 is 20.5 Å². The Balaban J connectivity index is 1.90. The van der Waals surface area contributed by atoms with E-state index in [1.54, 1.807) is 18.2 Å². The molecule has 2 aromatic rings. The molecule has 7 heteroatoms. The number of alkyl halides is 2. The Morgan fingerprint density at radius 3 is 2.50 bits per heavy atom. The summed E-state index contributed by atoms with van der Waals surface area (Å²) in [5, 5.41) is 2.99. The van der Waals surface area contributed by atoms with Crippen LogP contribution >= 0.6 is 0 Å². The second kappa shape index (κ2) is 9.60. The zero-order valence-corrected chi connectivity index (χ0v) is 14.8. The Bertz CT molecular complexity index is 719. The number of guanidine groups is 1. The lowest BCUT2D eigenvalue weighted by Gasteiger charge is -2.11. The zero-order valence-electron chi connectivity index (χ0n) is 14.8. The van der Waals surface area contributed by atoms with Gasteiger partial charge in [-0.3, -0.25) is 0 Å². The quantitative estimate of drug-likeness (QED) is 0.548. The summed E-state index contributed by atoms with van der Waals surface area (Å²) in [5.74, 6) is 1.41. The summed E-state index contributed by atoms with van der Waals surface area (Å²) >= 11 is 0. The van der Waals surface area contributed by atoms with Crippen molar-refractivity contribution in [2.24, 2.45) is 10.7 Å². The van der Waals surface area contributed by atoms with Crippen molar-refractivity contribution in [3.05, 3.63) is 54.1 Å². The predicted octanol–water partition coefficient (Wildman–Crippen LogP) is 4.04. The predicted molar refractivity (Wildman–Crippen MR) is 99.1 cm³/mol. The van der Waals surface area contributed by atoms with Gasteiger partial charge in [-0.1, -0.05) is 12.1 Å². The van der Waals surface area contributed by atoms with Gasteiger partial charge in [0.25, 0.3) is 6.43 Å². The van der Waals surface area contributed by atoms with Crippen molar-refractivity contribution in [2.75, 3.05) is 11.9 Å². The third kappa shape index (κ3) is 6.96. The minimum atomic E-state index is -2.51. The Morgan fingerprint density at radius 2 is 1.85 bits per heavy atom. The third-order valence-corrected chi connectivity index (χ3v) is 3.20. The molecule has 0 bridgehead atoms. The Hall–Kier alpha value is -2.83. The monoisotopic (exact) mass is 363 g/mol. The number of nitrogens with one attached hydrogen (secondary N) is 1. The molecule has 0 heterocycles. The Morgan fingerprint density at radius 1 is 1.12 bits per heavy atom. The first-order valence-electron chi connectivity index (χ1n) is 8.26. The summed E-state index contributed by atoms with van der Waals surface area (Å²) in [5.41, 5.74) is 7.48. The van der Waals surface area contributed by atoms with Gasteiger partial charge in [0.2, 0.25) is 0 Å². The van der Waals surface area contributed by atoms with Gasteiger partial charge in [0, 0.05) is 5.69 Å². The fourth-order valence-corrected chi connectivity index (χ4v) is 2.15. The van der Waals surface area contributed by atoms with E-state index in [1.165, 1.54) is 0 Å². The molecule has 0 radical (unpaired) electrons. The molecule has 0 fully saturated rings. The van der Waals surface area contributed by atoms with Crippen molar-refractivity contribution >= 4 is 11.6 Å². The number of rotatable bonds is 8. The van der Waals surface area contributed by atoms with Crippen molar-refractivity contribution < 1.29 is 18.3 Å². The summed E-state index contributed by atoms with van der Waals surface area (Å²) in [4.78, 5) is 4.25. The molecule has 3 N–H and O–H groups in total. The molecule has 0 atom stereocenters. The number of anilines is 1. The lowest BCUT2D eigenvalue weighted by molar-refractivity contribution is 0.0818. The van der Waals surface area contributed by atoms with Gasteiger partial charge in [0.1, 0.15) is 18.1 Å². The fourth-order valence-electron chi connectivity index (χ4n) is 2.15. The molecule has 5 nitrogen and oxygen atoms in total. The molecule has 0 spiro atoms. The number of aliphatic imine (C=N–C) groups is 1. The second-order valence-corrected chi connectivity index (χ2v) is 5.87. The molecule has 0 unspecified atom stereocenters. The highest BCUT2D eigenvalue weighted by atomic mass is 19.3. The van der Waals surface area contributed by atoms with E-state index in [4.69, 9.17) is 15.2 Å². The average Bonchev–Trinajstić information content (AvgIpc) is 2.60. The van der Waals surface area contributed by atoms with Crippen LogP contribution in [0.2, 0.25) is 0 Å². The molecule has 0 aromatic heterocycles. The van der Waals surface area contributed by atoms with Crippen LogP contribution in [-0.4, -0.2) is 25.1 Å². The van der Waals surface area contributed by atoms with Crippen LogP contribution in [0.5, 0.6) is 11.5 Å². The topological polar surface area (TPSA) is 68.9 Å². The van der Waals surface area contributed by atoms with Gasteiger partial charge in [-0.25, -0.2) is 13.8 Å². The molecule has 2 rings (SSSR count). The summed E-state index contributed by atoms with van der Waals surface area (Å²) in [6.07, 6.45) is -2.39. The van der Waals surface area contributed by atoms with E-state index in [-0.39, 0.29) is 12.1 Å². The molecule has 140 valence electrons. The summed E-state index contributed by atoms with van der Waals surface area (Å²) in [7, 11) is 0. The van der Waals surface area contributed by atoms with E-state index in [0.717, 1.165) is 17.0 Å². The van der Waals surface area contributed by atoms with Gasteiger partial charge in [-0.05, 0) is 55.8 Å². The largest absolute Gasteiger partial charge is 0.491 e. The standard InChI is InChI=1S/C19H23F2N3O2/c1-13(2)26-16-8-6-15(7-9-16)24-19(22)23-11-14-4-3-5-17(10-14)25-12-18(20)21/h3-10,13,18H,11-12H2,1-2H3,(H3,22,23,24). The number of nitrogens with zero attached hydrogens (tertiary/aromatic N) is 1. The van der Waals surface area contributed by atoms with E-state index in [1.807, 2.05) is 44.2 Å². The highest BCUT2D eigenvalue weighted by molar-refractivity contribution is 5.92. The van der Waals surface area contributed by atoms with E-state index < -0.39 is 13.0 Å². The molecular formula is C19H23F2N3O2. The minimum Gasteiger partial charge on any atom is -0.491 e. The zero-order chi connectivity index (χ0) is 18.9. The van der Waals surface area contributed by atoms with Crippen molar-refractivity contribution in [2.45, 2.75) is 32.9 Å². The van der Waals surface area contributed by atoms with Crippen LogP contribution in [0.4, 0.5) is 14.5 Å². The first-order valence-corrected chi connectivity index (χ1v) is 8.26. The van der Waals surface area contributed by atoms with Crippen molar-refractivity contribution in [1.82, 2.24) is 0 Å². The SMILES string of the molecule is CC(C)Oc1ccc(NC(N)=NCc2cccc(OCC(F)F)c2)cc1. The highest BCUT2D eigenvalue weighted by Crippen LogP contribution is 2.17. The van der Waals surface area contributed by atoms with Crippen molar-refractivity contribution in [1.29, 1.82) is 0 Å². The van der Waals surface area contributed by atoms with Crippen LogP contribution in [0.15, 0.2) is 53.5 Å². The number of benzene rings is 2. The van der Waals surface area contributed by atoms with E-state index in [0.29, 0.717) is 12.3 Å². The van der Waals surface area contributed by atoms with Crippen molar-refractivity contribution in [3.63, 3.8) is 0 Å². The molecule has 0 aliphatic heterocycles. The maximum Gasteiger partial charge on any atom is 0.272 e. The first-order chi connectivity index (χ1) is 12.4. The highest BCUT2D eigenvalue weighted by Gasteiger charge is 2.04. The number of hydrogen-bond acceptors (Lipinski definition) is 3. The van der Waals surface area contributed by atoms with Crippen LogP contribution in [-0.2, 0) is 6.54 Å². The van der Waals surface area contributed by atoms with Crippen LogP contribution in [0.1, 0.15) is 19.4 Å². The third-order valence-electron chi connectivity index (χ3n) is 3.20. The Labute approximate surface area is 151 Å². The number of halogens is 2. The van der Waals surface area contributed by atoms with Gasteiger partial charge in [-0.2, -0.15) is 0 Å². The van der Waals surface area contributed by atoms with Crippen molar-refractivity contribution in [3.8, 4) is 11.5 Å². The van der Waals surface area contributed by atoms with Gasteiger partial charge >= 0.3 is 0 Å². The van der Waals surface area contributed by atoms with Crippen LogP contribution < -0.4 is 20.5 Å². The minimum absolute atomic E-state index is 0.112. The van der Waals surface area contributed by atoms with E-state index in [9.17, 15) is 8.78 Å². The maximum atomic E-state index is 12.2. The molecule has 0 aliphatic rings. The molecular weight excluding hydrogens is 340 g/mol. The summed E-state index contributed by atoms with van der Waals surface area (Å²) < 4.78 is 34.9. The molecule has 26 heavy (non-hydrogen) atoms. The second-order valence-electron chi connectivity index (χ2n) is 5.87. The number of nitrogens with two attached hydrogens (primary N) is 1. The van der Waals surface area contributed by atoms with Crippen LogP contribution in [0.25, 0.3) is 0 Å². The maximum absolute atomic E-state index is 12.2. The lowest BCUT2D eigenvalue weighted by atomic mass is 10.2. The summed E-state index contributed by atoms with van der Waals surface area (Å²) in [6, 6.07) is 14.2.